The van der Waals surface area contributed by atoms with E-state index in [9.17, 15) is 4.39 Å². The fraction of sp³-hybridized carbons (Fsp3) is 0.571. The van der Waals surface area contributed by atoms with Crippen molar-refractivity contribution in [2.45, 2.75) is 25.3 Å². The van der Waals surface area contributed by atoms with Gasteiger partial charge in [-0.3, -0.25) is 0 Å². The molecule has 1 saturated heterocycles. The molecule has 4 heteroatoms. The zero-order chi connectivity index (χ0) is 12.8. The van der Waals surface area contributed by atoms with E-state index in [4.69, 9.17) is 10.5 Å². The standard InChI is InChI=1S/C14H21FN2O/c15-12-4-1-5-13(10-12)17(8-3-7-16)14-6-2-9-18-11-14/h1,4-5,10,14H,2-3,6-9,11,16H2. The maximum Gasteiger partial charge on any atom is 0.125 e. The summed E-state index contributed by atoms with van der Waals surface area (Å²) in [4.78, 5) is 2.23. The minimum Gasteiger partial charge on any atom is -0.379 e. The Morgan fingerprint density at radius 2 is 2.33 bits per heavy atom. The summed E-state index contributed by atoms with van der Waals surface area (Å²) in [6.45, 7) is 3.07. The molecule has 1 aromatic carbocycles. The molecule has 3 nitrogen and oxygen atoms in total. The summed E-state index contributed by atoms with van der Waals surface area (Å²) >= 11 is 0. The van der Waals surface area contributed by atoms with Gasteiger partial charge in [0, 0.05) is 18.8 Å². The molecule has 1 unspecified atom stereocenters. The maximum atomic E-state index is 13.3. The summed E-state index contributed by atoms with van der Waals surface area (Å²) in [7, 11) is 0. The number of nitrogens with two attached hydrogens (primary N) is 1. The average molecular weight is 252 g/mol. The van der Waals surface area contributed by atoms with Crippen LogP contribution in [0, 0.1) is 5.82 Å². The van der Waals surface area contributed by atoms with Crippen LogP contribution in [0.3, 0.4) is 0 Å². The quantitative estimate of drug-likeness (QED) is 0.872. The molecule has 1 atom stereocenters. The summed E-state index contributed by atoms with van der Waals surface area (Å²) in [6, 6.07) is 7.11. The van der Waals surface area contributed by atoms with Crippen LogP contribution in [0.4, 0.5) is 10.1 Å². The zero-order valence-corrected chi connectivity index (χ0v) is 10.6. The Balaban J connectivity index is 2.12. The van der Waals surface area contributed by atoms with E-state index in [1.54, 1.807) is 12.1 Å². The number of rotatable bonds is 5. The highest BCUT2D eigenvalue weighted by molar-refractivity contribution is 5.47. The molecule has 0 bridgehead atoms. The third-order valence-electron chi connectivity index (χ3n) is 3.32. The van der Waals surface area contributed by atoms with Crippen LogP contribution in [-0.2, 0) is 4.74 Å². The number of hydrogen-bond acceptors (Lipinski definition) is 3. The lowest BCUT2D eigenvalue weighted by molar-refractivity contribution is 0.0791. The normalized spacial score (nSPS) is 19.8. The number of ether oxygens (including phenoxy) is 1. The van der Waals surface area contributed by atoms with Gasteiger partial charge in [0.2, 0.25) is 0 Å². The second kappa shape index (κ2) is 6.71. The predicted octanol–water partition coefficient (Wildman–Crippen LogP) is 2.16. The molecule has 18 heavy (non-hydrogen) atoms. The molecule has 2 rings (SSSR count). The maximum absolute atomic E-state index is 13.3. The average Bonchev–Trinajstić information content (AvgIpc) is 2.40. The molecular weight excluding hydrogens is 231 g/mol. The van der Waals surface area contributed by atoms with Crippen molar-refractivity contribution in [3.8, 4) is 0 Å². The molecule has 0 saturated carbocycles. The SMILES string of the molecule is NCCCN(c1cccc(F)c1)C1CCCOC1. The van der Waals surface area contributed by atoms with Crippen LogP contribution >= 0.6 is 0 Å². The van der Waals surface area contributed by atoms with Gasteiger partial charge in [-0.25, -0.2) is 4.39 Å². The number of hydrogen-bond donors (Lipinski definition) is 1. The van der Waals surface area contributed by atoms with Gasteiger partial charge in [0.05, 0.1) is 12.6 Å². The van der Waals surface area contributed by atoms with Gasteiger partial charge in [0.15, 0.2) is 0 Å². The lowest BCUT2D eigenvalue weighted by Crippen LogP contribution is -2.42. The summed E-state index contributed by atoms with van der Waals surface area (Å²) < 4.78 is 18.9. The smallest absolute Gasteiger partial charge is 0.125 e. The number of anilines is 1. The summed E-state index contributed by atoms with van der Waals surface area (Å²) in [5.74, 6) is -0.193. The molecule has 1 aromatic rings. The first-order valence-electron chi connectivity index (χ1n) is 6.61. The first-order chi connectivity index (χ1) is 8.81. The van der Waals surface area contributed by atoms with Crippen molar-refractivity contribution in [3.63, 3.8) is 0 Å². The van der Waals surface area contributed by atoms with Gasteiger partial charge >= 0.3 is 0 Å². The van der Waals surface area contributed by atoms with E-state index in [-0.39, 0.29) is 5.82 Å². The molecule has 0 amide bonds. The van der Waals surface area contributed by atoms with Crippen LogP contribution in [0.5, 0.6) is 0 Å². The first-order valence-corrected chi connectivity index (χ1v) is 6.61. The van der Waals surface area contributed by atoms with Crippen molar-refractivity contribution in [2.24, 2.45) is 5.73 Å². The van der Waals surface area contributed by atoms with E-state index in [2.05, 4.69) is 4.90 Å². The predicted molar refractivity (Wildman–Crippen MR) is 71.3 cm³/mol. The number of benzene rings is 1. The van der Waals surface area contributed by atoms with Gasteiger partial charge in [-0.05, 0) is 44.0 Å². The Morgan fingerprint density at radius 3 is 3.00 bits per heavy atom. The van der Waals surface area contributed by atoms with Crippen LogP contribution in [0.15, 0.2) is 24.3 Å². The fourth-order valence-corrected chi connectivity index (χ4v) is 2.41. The van der Waals surface area contributed by atoms with Gasteiger partial charge in [-0.2, -0.15) is 0 Å². The van der Waals surface area contributed by atoms with Crippen LogP contribution in [0.25, 0.3) is 0 Å². The van der Waals surface area contributed by atoms with E-state index < -0.39 is 0 Å². The second-order valence-corrected chi connectivity index (χ2v) is 4.69. The van der Waals surface area contributed by atoms with Crippen LogP contribution in [0.1, 0.15) is 19.3 Å². The van der Waals surface area contributed by atoms with Crippen LogP contribution < -0.4 is 10.6 Å². The third-order valence-corrected chi connectivity index (χ3v) is 3.32. The molecule has 0 aliphatic carbocycles. The van der Waals surface area contributed by atoms with E-state index in [1.807, 2.05) is 6.07 Å². The Kier molecular flexibility index (Phi) is 4.96. The molecule has 1 heterocycles. The van der Waals surface area contributed by atoms with E-state index >= 15 is 0 Å². The number of nitrogens with zero attached hydrogens (tertiary/aromatic N) is 1. The van der Waals surface area contributed by atoms with Crippen molar-refractivity contribution in [3.05, 3.63) is 30.1 Å². The summed E-state index contributed by atoms with van der Waals surface area (Å²) in [5.41, 5.74) is 6.51. The Hall–Kier alpha value is -1.13. The molecule has 0 aromatic heterocycles. The third kappa shape index (κ3) is 3.43. The topological polar surface area (TPSA) is 38.5 Å². The highest BCUT2D eigenvalue weighted by Gasteiger charge is 2.21. The molecule has 0 radical (unpaired) electrons. The molecular formula is C14H21FN2O. The lowest BCUT2D eigenvalue weighted by Gasteiger charge is -2.36. The second-order valence-electron chi connectivity index (χ2n) is 4.69. The van der Waals surface area contributed by atoms with Crippen LogP contribution in [-0.4, -0.2) is 32.3 Å². The largest absolute Gasteiger partial charge is 0.379 e. The molecule has 1 fully saturated rings. The summed E-state index contributed by atoms with van der Waals surface area (Å²) in [6.07, 6.45) is 3.08. The van der Waals surface area contributed by atoms with Crippen molar-refractivity contribution in [2.75, 3.05) is 31.2 Å². The van der Waals surface area contributed by atoms with E-state index in [0.717, 1.165) is 44.7 Å². The fourth-order valence-electron chi connectivity index (χ4n) is 2.41. The van der Waals surface area contributed by atoms with Crippen molar-refractivity contribution >= 4 is 5.69 Å². The highest BCUT2D eigenvalue weighted by atomic mass is 19.1. The van der Waals surface area contributed by atoms with Crippen LogP contribution in [0.2, 0.25) is 0 Å². The Bertz CT molecular complexity index is 367. The van der Waals surface area contributed by atoms with Gasteiger partial charge in [-0.1, -0.05) is 6.07 Å². The lowest BCUT2D eigenvalue weighted by atomic mass is 10.1. The van der Waals surface area contributed by atoms with Crippen molar-refractivity contribution in [1.29, 1.82) is 0 Å². The van der Waals surface area contributed by atoms with Crippen molar-refractivity contribution in [1.82, 2.24) is 0 Å². The molecule has 0 spiro atoms. The van der Waals surface area contributed by atoms with E-state index in [1.165, 1.54) is 6.07 Å². The Morgan fingerprint density at radius 1 is 1.44 bits per heavy atom. The molecule has 1 aliphatic heterocycles. The van der Waals surface area contributed by atoms with Gasteiger partial charge in [-0.15, -0.1) is 0 Å². The molecule has 1 aliphatic rings. The van der Waals surface area contributed by atoms with Gasteiger partial charge in [0.25, 0.3) is 0 Å². The highest BCUT2D eigenvalue weighted by Crippen LogP contribution is 2.23. The molecule has 2 N–H and O–H groups in total. The number of halogens is 1. The minimum atomic E-state index is -0.193. The first kappa shape index (κ1) is 13.3. The minimum absolute atomic E-state index is 0.193. The van der Waals surface area contributed by atoms with Gasteiger partial charge < -0.3 is 15.4 Å². The summed E-state index contributed by atoms with van der Waals surface area (Å²) in [5, 5.41) is 0. The Labute approximate surface area is 108 Å². The molecule has 100 valence electrons. The van der Waals surface area contributed by atoms with Gasteiger partial charge in [0.1, 0.15) is 5.82 Å². The van der Waals surface area contributed by atoms with E-state index in [0.29, 0.717) is 12.6 Å². The zero-order valence-electron chi connectivity index (χ0n) is 10.6. The monoisotopic (exact) mass is 252 g/mol. The van der Waals surface area contributed by atoms with Crippen molar-refractivity contribution < 1.29 is 9.13 Å².